The van der Waals surface area contributed by atoms with E-state index in [-0.39, 0.29) is 0 Å². The van der Waals surface area contributed by atoms with Crippen LogP contribution < -0.4 is 5.32 Å². The third kappa shape index (κ3) is 4.60. The molecule has 0 bridgehead atoms. The monoisotopic (exact) mass is 349 g/mol. The second kappa shape index (κ2) is 8.48. The molecular formula is C20H31NO2S. The molecule has 1 saturated carbocycles. The van der Waals surface area contributed by atoms with Gasteiger partial charge in [0.15, 0.2) is 0 Å². The van der Waals surface area contributed by atoms with E-state index in [1.807, 2.05) is 0 Å². The normalized spacial score (nSPS) is 30.0. The molecule has 0 spiro atoms. The Morgan fingerprint density at radius 3 is 2.75 bits per heavy atom. The van der Waals surface area contributed by atoms with Gasteiger partial charge in [-0.25, -0.2) is 0 Å². The van der Waals surface area contributed by atoms with Gasteiger partial charge in [0, 0.05) is 46.7 Å². The molecule has 3 rings (SSSR count). The Kier molecular flexibility index (Phi) is 6.34. The summed E-state index contributed by atoms with van der Waals surface area (Å²) in [6.07, 6.45) is 5.79. The number of hydrogen-bond acceptors (Lipinski definition) is 3. The first-order chi connectivity index (χ1) is 11.6. The zero-order valence-corrected chi connectivity index (χ0v) is 15.8. The number of rotatable bonds is 5. The molecule has 134 valence electrons. The fourth-order valence-electron chi connectivity index (χ4n) is 3.97. The van der Waals surface area contributed by atoms with Crippen LogP contribution in [0.5, 0.6) is 0 Å². The van der Waals surface area contributed by atoms with Crippen LogP contribution in [0.1, 0.15) is 51.5 Å². The summed E-state index contributed by atoms with van der Waals surface area (Å²) in [4.78, 5) is 0. The molecule has 1 aliphatic heterocycles. The van der Waals surface area contributed by atoms with Crippen LogP contribution in [-0.2, 0) is 21.3 Å². The molecular weight excluding hydrogens is 318 g/mol. The summed E-state index contributed by atoms with van der Waals surface area (Å²) in [6, 6.07) is 9.10. The van der Waals surface area contributed by atoms with Crippen molar-refractivity contribution in [3.8, 4) is 0 Å². The van der Waals surface area contributed by atoms with Crippen LogP contribution in [-0.4, -0.2) is 28.7 Å². The average molecular weight is 350 g/mol. The van der Waals surface area contributed by atoms with Crippen LogP contribution in [0.15, 0.2) is 24.3 Å². The van der Waals surface area contributed by atoms with Gasteiger partial charge in [-0.3, -0.25) is 4.21 Å². The van der Waals surface area contributed by atoms with E-state index in [1.165, 1.54) is 30.5 Å². The first-order valence-corrected chi connectivity index (χ1v) is 10.8. The molecule has 1 aliphatic carbocycles. The summed E-state index contributed by atoms with van der Waals surface area (Å²) >= 11 is 0. The lowest BCUT2D eigenvalue weighted by Crippen LogP contribution is -2.35. The maximum atomic E-state index is 12.6. The number of benzene rings is 1. The predicted octanol–water partition coefficient (Wildman–Crippen LogP) is 4.35. The standard InChI is InChI=1S/C20H31NO2S/c1-15-5-3-8-20(16(15)2)21-18-7-4-6-17(13-18)14-24(22)19-9-11-23-12-10-19/h4,6-7,13,15-16,19-21H,3,5,8-12,14H2,1-2H3/t15-,16-,20+,24-/m1/s1. The van der Waals surface area contributed by atoms with Crippen molar-refractivity contribution in [1.29, 1.82) is 0 Å². The predicted molar refractivity (Wildman–Crippen MR) is 102 cm³/mol. The van der Waals surface area contributed by atoms with E-state index >= 15 is 0 Å². The van der Waals surface area contributed by atoms with Gasteiger partial charge in [-0.05, 0) is 48.8 Å². The van der Waals surface area contributed by atoms with Gasteiger partial charge >= 0.3 is 0 Å². The first-order valence-electron chi connectivity index (χ1n) is 9.44. The molecule has 0 aromatic heterocycles. The minimum absolute atomic E-state index is 0.301. The fourth-order valence-corrected chi connectivity index (χ4v) is 5.43. The van der Waals surface area contributed by atoms with Crippen LogP contribution in [0.25, 0.3) is 0 Å². The molecule has 0 amide bonds. The smallest absolute Gasteiger partial charge is 0.0489 e. The van der Waals surface area contributed by atoms with Crippen LogP contribution in [0.4, 0.5) is 5.69 Å². The van der Waals surface area contributed by atoms with Gasteiger partial charge in [-0.15, -0.1) is 0 Å². The number of anilines is 1. The van der Waals surface area contributed by atoms with E-state index in [2.05, 4.69) is 43.4 Å². The highest BCUT2D eigenvalue weighted by Crippen LogP contribution is 2.31. The first kappa shape index (κ1) is 17.9. The van der Waals surface area contributed by atoms with Gasteiger partial charge in [0.25, 0.3) is 0 Å². The van der Waals surface area contributed by atoms with E-state index in [1.54, 1.807) is 0 Å². The van der Waals surface area contributed by atoms with E-state index in [9.17, 15) is 4.21 Å². The largest absolute Gasteiger partial charge is 0.382 e. The highest BCUT2D eigenvalue weighted by atomic mass is 32.2. The molecule has 1 aromatic carbocycles. The third-order valence-electron chi connectivity index (χ3n) is 5.83. The Morgan fingerprint density at radius 2 is 1.96 bits per heavy atom. The molecule has 4 atom stereocenters. The van der Waals surface area contributed by atoms with Gasteiger partial charge in [-0.1, -0.05) is 38.8 Å². The molecule has 4 heteroatoms. The van der Waals surface area contributed by atoms with Gasteiger partial charge in [-0.2, -0.15) is 0 Å². The minimum atomic E-state index is -0.793. The van der Waals surface area contributed by atoms with Gasteiger partial charge in [0.2, 0.25) is 0 Å². The summed E-state index contributed by atoms with van der Waals surface area (Å²) in [5.74, 6) is 2.16. The highest BCUT2D eigenvalue weighted by molar-refractivity contribution is 7.84. The Hall–Kier alpha value is -0.870. The number of ether oxygens (including phenoxy) is 1. The lowest BCUT2D eigenvalue weighted by molar-refractivity contribution is 0.0992. The van der Waals surface area contributed by atoms with Crippen molar-refractivity contribution in [3.05, 3.63) is 29.8 Å². The Balaban J connectivity index is 1.60. The van der Waals surface area contributed by atoms with E-state index < -0.39 is 10.8 Å². The zero-order chi connectivity index (χ0) is 16.9. The summed E-state index contributed by atoms with van der Waals surface area (Å²) < 4.78 is 18.0. The molecule has 2 fully saturated rings. The summed E-state index contributed by atoms with van der Waals surface area (Å²) in [5, 5.41) is 4.04. The number of nitrogens with one attached hydrogen (secondary N) is 1. The molecule has 24 heavy (non-hydrogen) atoms. The molecule has 2 aliphatic rings. The molecule has 0 radical (unpaired) electrons. The van der Waals surface area contributed by atoms with E-state index in [0.29, 0.717) is 23.0 Å². The quantitative estimate of drug-likeness (QED) is 0.859. The van der Waals surface area contributed by atoms with E-state index in [4.69, 9.17) is 4.74 Å². The van der Waals surface area contributed by atoms with Crippen molar-refractivity contribution in [1.82, 2.24) is 0 Å². The highest BCUT2D eigenvalue weighted by Gasteiger charge is 2.27. The molecule has 1 aromatic rings. The summed E-state index contributed by atoms with van der Waals surface area (Å²) in [7, 11) is -0.793. The Morgan fingerprint density at radius 1 is 1.17 bits per heavy atom. The lowest BCUT2D eigenvalue weighted by atomic mass is 9.78. The topological polar surface area (TPSA) is 38.3 Å². The summed E-state index contributed by atoms with van der Waals surface area (Å²) in [6.45, 7) is 6.25. The van der Waals surface area contributed by atoms with Crippen molar-refractivity contribution in [2.24, 2.45) is 11.8 Å². The SMILES string of the molecule is C[C@@H]1[C@H](C)CCC[C@@H]1Nc1cccc(C[S@@](=O)C2CCOCC2)c1. The molecule has 0 unspecified atom stereocenters. The minimum Gasteiger partial charge on any atom is -0.382 e. The molecule has 3 nitrogen and oxygen atoms in total. The second-order valence-corrected chi connectivity index (χ2v) is 9.27. The van der Waals surface area contributed by atoms with Gasteiger partial charge in [0.05, 0.1) is 0 Å². The molecule has 1 N–H and O–H groups in total. The zero-order valence-electron chi connectivity index (χ0n) is 15.0. The van der Waals surface area contributed by atoms with Crippen molar-refractivity contribution < 1.29 is 8.95 Å². The average Bonchev–Trinajstić information content (AvgIpc) is 2.60. The Labute approximate surface area is 149 Å². The van der Waals surface area contributed by atoms with Crippen LogP contribution in [0.3, 0.4) is 0 Å². The molecule has 1 saturated heterocycles. The van der Waals surface area contributed by atoms with Crippen molar-refractivity contribution in [2.45, 2.75) is 63.0 Å². The van der Waals surface area contributed by atoms with Crippen molar-refractivity contribution in [2.75, 3.05) is 18.5 Å². The number of hydrogen-bond donors (Lipinski definition) is 1. The lowest BCUT2D eigenvalue weighted by Gasteiger charge is -2.35. The van der Waals surface area contributed by atoms with Crippen LogP contribution >= 0.6 is 0 Å². The van der Waals surface area contributed by atoms with Crippen LogP contribution in [0.2, 0.25) is 0 Å². The molecule has 1 heterocycles. The maximum absolute atomic E-state index is 12.6. The van der Waals surface area contributed by atoms with Crippen LogP contribution in [0, 0.1) is 11.8 Å². The summed E-state index contributed by atoms with van der Waals surface area (Å²) in [5.41, 5.74) is 2.36. The maximum Gasteiger partial charge on any atom is 0.0489 e. The Bertz CT molecular complexity index is 556. The van der Waals surface area contributed by atoms with Crippen molar-refractivity contribution >= 4 is 16.5 Å². The van der Waals surface area contributed by atoms with Gasteiger partial charge < -0.3 is 10.1 Å². The van der Waals surface area contributed by atoms with Crippen molar-refractivity contribution in [3.63, 3.8) is 0 Å². The second-order valence-electron chi connectivity index (χ2n) is 7.56. The fraction of sp³-hybridized carbons (Fsp3) is 0.700. The third-order valence-corrected chi connectivity index (χ3v) is 7.67. The van der Waals surface area contributed by atoms with E-state index in [0.717, 1.165) is 32.0 Å². The van der Waals surface area contributed by atoms with Gasteiger partial charge in [0.1, 0.15) is 0 Å².